The van der Waals surface area contributed by atoms with Gasteiger partial charge in [-0.1, -0.05) is 13.8 Å². The molecule has 1 unspecified atom stereocenters. The maximum atomic E-state index is 12.9. The van der Waals surface area contributed by atoms with Crippen LogP contribution in [0.5, 0.6) is 23.0 Å². The summed E-state index contributed by atoms with van der Waals surface area (Å²) >= 11 is 0. The first-order chi connectivity index (χ1) is 15.3. The van der Waals surface area contributed by atoms with E-state index < -0.39 is 6.04 Å². The van der Waals surface area contributed by atoms with Gasteiger partial charge in [0.1, 0.15) is 17.5 Å². The second kappa shape index (κ2) is 11.8. The molecule has 0 aromatic heterocycles. The molecule has 2 N–H and O–H groups in total. The molecule has 2 amide bonds. The molecule has 0 bridgehead atoms. The van der Waals surface area contributed by atoms with Gasteiger partial charge in [-0.25, -0.2) is 0 Å². The van der Waals surface area contributed by atoms with Crippen molar-refractivity contribution in [3.8, 4) is 23.0 Å². The molecule has 2 rings (SSSR count). The molecule has 0 aliphatic carbocycles. The second-order valence-corrected chi connectivity index (χ2v) is 7.39. The summed E-state index contributed by atoms with van der Waals surface area (Å²) in [7, 11) is 4.62. The van der Waals surface area contributed by atoms with Crippen LogP contribution in [-0.4, -0.2) is 45.8 Å². The van der Waals surface area contributed by atoms with Gasteiger partial charge in [0.25, 0.3) is 5.91 Å². The third-order valence-electron chi connectivity index (χ3n) is 4.90. The maximum Gasteiger partial charge on any atom is 0.251 e. The average molecular weight is 445 g/mol. The fourth-order valence-corrected chi connectivity index (χ4v) is 3.15. The van der Waals surface area contributed by atoms with Crippen molar-refractivity contribution in [2.45, 2.75) is 33.4 Å². The molecule has 2 aromatic rings. The van der Waals surface area contributed by atoms with E-state index in [4.69, 9.17) is 18.9 Å². The number of carbonyl (C=O) groups excluding carboxylic acids is 2. The molecule has 8 nitrogen and oxygen atoms in total. The Morgan fingerprint density at radius 3 is 2.03 bits per heavy atom. The first-order valence-electron chi connectivity index (χ1n) is 10.4. The average Bonchev–Trinajstić information content (AvgIpc) is 2.80. The van der Waals surface area contributed by atoms with Crippen molar-refractivity contribution in [1.82, 2.24) is 10.6 Å². The van der Waals surface area contributed by atoms with Crippen molar-refractivity contribution < 1.29 is 28.5 Å². The summed E-state index contributed by atoms with van der Waals surface area (Å²) in [6, 6.07) is 9.54. The summed E-state index contributed by atoms with van der Waals surface area (Å²) in [6.07, 6.45) is 0. The molecule has 0 fully saturated rings. The number of methoxy groups -OCH3 is 3. The molecule has 174 valence electrons. The second-order valence-electron chi connectivity index (χ2n) is 7.39. The molecule has 0 saturated heterocycles. The van der Waals surface area contributed by atoms with Gasteiger partial charge in [-0.2, -0.15) is 0 Å². The predicted molar refractivity (Wildman–Crippen MR) is 122 cm³/mol. The fraction of sp³-hybridized carbons (Fsp3) is 0.417. The normalized spacial score (nSPS) is 11.5. The third-order valence-corrected chi connectivity index (χ3v) is 4.90. The minimum Gasteiger partial charge on any atom is -0.496 e. The van der Waals surface area contributed by atoms with Crippen LogP contribution >= 0.6 is 0 Å². The first kappa shape index (κ1) is 24.8. The van der Waals surface area contributed by atoms with Crippen LogP contribution in [0.25, 0.3) is 0 Å². The smallest absolute Gasteiger partial charge is 0.251 e. The van der Waals surface area contributed by atoms with Gasteiger partial charge in [0.05, 0.1) is 27.9 Å². The number of amides is 2. The fourth-order valence-electron chi connectivity index (χ4n) is 3.15. The van der Waals surface area contributed by atoms with Gasteiger partial charge in [0.15, 0.2) is 11.5 Å². The van der Waals surface area contributed by atoms with Gasteiger partial charge >= 0.3 is 0 Å². The SMILES string of the molecule is CCOc1ccc(C(=O)NC(C(=O)NCc2cc(OC)c(OC)cc2OC)C(C)C)cc1. The van der Waals surface area contributed by atoms with Gasteiger partial charge in [-0.3, -0.25) is 9.59 Å². The molecule has 0 heterocycles. The Hall–Kier alpha value is -3.42. The molecule has 1 atom stereocenters. The molecular weight excluding hydrogens is 412 g/mol. The number of hydrogen-bond acceptors (Lipinski definition) is 6. The van der Waals surface area contributed by atoms with Crippen LogP contribution in [0.1, 0.15) is 36.7 Å². The van der Waals surface area contributed by atoms with E-state index in [9.17, 15) is 9.59 Å². The summed E-state index contributed by atoms with van der Waals surface area (Å²) in [4.78, 5) is 25.6. The minimum absolute atomic E-state index is 0.117. The zero-order chi connectivity index (χ0) is 23.7. The lowest BCUT2D eigenvalue weighted by Gasteiger charge is -2.22. The quantitative estimate of drug-likeness (QED) is 0.553. The Bertz CT molecular complexity index is 911. The van der Waals surface area contributed by atoms with Gasteiger partial charge in [-0.15, -0.1) is 0 Å². The number of carbonyl (C=O) groups is 2. The van der Waals surface area contributed by atoms with E-state index in [0.29, 0.717) is 35.2 Å². The standard InChI is InChI=1S/C24H32N2O6/c1-7-32-18-10-8-16(9-11-18)23(27)26-22(15(2)3)24(28)25-14-17-12-20(30-5)21(31-6)13-19(17)29-4/h8-13,15,22H,7,14H2,1-6H3,(H,25,28)(H,26,27). The summed E-state index contributed by atoms with van der Waals surface area (Å²) in [5.41, 5.74) is 1.17. The number of benzene rings is 2. The zero-order valence-corrected chi connectivity index (χ0v) is 19.5. The summed E-state index contributed by atoms with van der Waals surface area (Å²) in [6.45, 7) is 6.39. The minimum atomic E-state index is -0.708. The lowest BCUT2D eigenvalue weighted by molar-refractivity contribution is -0.124. The Morgan fingerprint density at radius 1 is 0.906 bits per heavy atom. The van der Waals surface area contributed by atoms with Crippen LogP contribution < -0.4 is 29.6 Å². The number of hydrogen-bond donors (Lipinski definition) is 2. The number of ether oxygens (including phenoxy) is 4. The molecular formula is C24H32N2O6. The Labute approximate surface area is 189 Å². The van der Waals surface area contributed by atoms with Crippen molar-refractivity contribution in [2.75, 3.05) is 27.9 Å². The number of rotatable bonds is 11. The highest BCUT2D eigenvalue weighted by Crippen LogP contribution is 2.34. The summed E-state index contributed by atoms with van der Waals surface area (Å²) in [5, 5.41) is 5.70. The lowest BCUT2D eigenvalue weighted by Crippen LogP contribution is -2.49. The van der Waals surface area contributed by atoms with E-state index in [2.05, 4.69) is 10.6 Å². The van der Waals surface area contributed by atoms with Crippen LogP contribution in [0.2, 0.25) is 0 Å². The largest absolute Gasteiger partial charge is 0.496 e. The van der Waals surface area contributed by atoms with Crippen molar-refractivity contribution in [3.05, 3.63) is 47.5 Å². The monoisotopic (exact) mass is 444 g/mol. The van der Waals surface area contributed by atoms with E-state index >= 15 is 0 Å². The third kappa shape index (κ3) is 6.29. The summed E-state index contributed by atoms with van der Waals surface area (Å²) < 4.78 is 21.4. The Morgan fingerprint density at radius 2 is 1.50 bits per heavy atom. The predicted octanol–water partition coefficient (Wildman–Crippen LogP) is 3.18. The van der Waals surface area contributed by atoms with Gasteiger partial charge in [0.2, 0.25) is 5.91 Å². The topological polar surface area (TPSA) is 95.1 Å². The highest BCUT2D eigenvalue weighted by Gasteiger charge is 2.25. The molecule has 2 aromatic carbocycles. The lowest BCUT2D eigenvalue weighted by atomic mass is 10.0. The van der Waals surface area contributed by atoms with Crippen LogP contribution in [-0.2, 0) is 11.3 Å². The van der Waals surface area contributed by atoms with Gasteiger partial charge in [0, 0.05) is 23.7 Å². The van der Waals surface area contributed by atoms with Crippen LogP contribution in [0, 0.1) is 5.92 Å². The van der Waals surface area contributed by atoms with E-state index in [1.54, 1.807) is 50.6 Å². The summed E-state index contributed by atoms with van der Waals surface area (Å²) in [5.74, 6) is 1.56. The van der Waals surface area contributed by atoms with Crippen molar-refractivity contribution >= 4 is 11.8 Å². The molecule has 0 spiro atoms. The zero-order valence-electron chi connectivity index (χ0n) is 19.5. The van der Waals surface area contributed by atoms with E-state index in [1.807, 2.05) is 20.8 Å². The van der Waals surface area contributed by atoms with Crippen molar-refractivity contribution in [2.24, 2.45) is 5.92 Å². The van der Waals surface area contributed by atoms with E-state index in [0.717, 1.165) is 5.56 Å². The molecule has 0 saturated carbocycles. The molecule has 0 aliphatic rings. The Kier molecular flexibility index (Phi) is 9.19. The number of nitrogens with one attached hydrogen (secondary N) is 2. The maximum absolute atomic E-state index is 12.9. The molecule has 0 aliphatic heterocycles. The van der Waals surface area contributed by atoms with E-state index in [1.165, 1.54) is 7.11 Å². The van der Waals surface area contributed by atoms with Crippen LogP contribution in [0.4, 0.5) is 0 Å². The van der Waals surface area contributed by atoms with E-state index in [-0.39, 0.29) is 24.3 Å². The van der Waals surface area contributed by atoms with Crippen molar-refractivity contribution in [1.29, 1.82) is 0 Å². The highest BCUT2D eigenvalue weighted by molar-refractivity contribution is 5.97. The van der Waals surface area contributed by atoms with Crippen molar-refractivity contribution in [3.63, 3.8) is 0 Å². The van der Waals surface area contributed by atoms with Crippen LogP contribution in [0.15, 0.2) is 36.4 Å². The molecule has 0 radical (unpaired) electrons. The molecule has 32 heavy (non-hydrogen) atoms. The highest BCUT2D eigenvalue weighted by atomic mass is 16.5. The van der Waals surface area contributed by atoms with Gasteiger partial charge in [-0.05, 0) is 43.2 Å². The van der Waals surface area contributed by atoms with Gasteiger partial charge < -0.3 is 29.6 Å². The molecule has 8 heteroatoms. The first-order valence-corrected chi connectivity index (χ1v) is 10.4. The van der Waals surface area contributed by atoms with Crippen LogP contribution in [0.3, 0.4) is 0 Å². The Balaban J connectivity index is 2.09.